The van der Waals surface area contributed by atoms with Gasteiger partial charge >= 0.3 is 4.87 Å². The summed E-state index contributed by atoms with van der Waals surface area (Å²) >= 11 is 1.22. The van der Waals surface area contributed by atoms with Crippen LogP contribution in [-0.4, -0.2) is 31.0 Å². The summed E-state index contributed by atoms with van der Waals surface area (Å²) in [6, 6.07) is 11.9. The Kier molecular flexibility index (Phi) is 4.63. The molecular weight excluding hydrogens is 360 g/mol. The van der Waals surface area contributed by atoms with Crippen LogP contribution < -0.4 is 4.87 Å². The summed E-state index contributed by atoms with van der Waals surface area (Å²) in [7, 11) is 0. The lowest BCUT2D eigenvalue weighted by Gasteiger charge is -2.09. The van der Waals surface area contributed by atoms with E-state index in [1.807, 2.05) is 42.6 Å². The first-order chi connectivity index (χ1) is 13.0. The molecule has 0 amide bonds. The molecule has 4 aromatic rings. The molecule has 0 aliphatic carbocycles. The van der Waals surface area contributed by atoms with E-state index in [-0.39, 0.29) is 16.9 Å². The van der Waals surface area contributed by atoms with E-state index in [9.17, 15) is 9.90 Å². The Hall–Kier alpha value is -2.77. The number of hydrogen-bond donors (Lipinski definition) is 2. The molecule has 4 rings (SSSR count). The molecule has 0 radical (unpaired) electrons. The molecule has 3 aromatic heterocycles. The van der Waals surface area contributed by atoms with Gasteiger partial charge in [0.15, 0.2) is 5.82 Å². The van der Waals surface area contributed by atoms with Gasteiger partial charge in [0, 0.05) is 18.3 Å². The van der Waals surface area contributed by atoms with Gasteiger partial charge in [0.25, 0.3) is 0 Å². The second kappa shape index (κ2) is 7.09. The Labute approximate surface area is 160 Å². The van der Waals surface area contributed by atoms with Crippen LogP contribution in [0.3, 0.4) is 0 Å². The number of fused-ring (bicyclic) bond motifs is 1. The highest BCUT2D eigenvalue weighted by molar-refractivity contribution is 7.16. The van der Waals surface area contributed by atoms with E-state index in [0.717, 1.165) is 32.9 Å². The van der Waals surface area contributed by atoms with Gasteiger partial charge < -0.3 is 10.1 Å². The Morgan fingerprint density at radius 1 is 1.22 bits per heavy atom. The van der Waals surface area contributed by atoms with Crippen molar-refractivity contribution in [2.45, 2.75) is 32.3 Å². The fraction of sp³-hybridized carbons (Fsp3) is 0.250. The maximum atomic E-state index is 11.5. The molecule has 0 saturated heterocycles. The predicted octanol–water partition coefficient (Wildman–Crippen LogP) is 3.25. The van der Waals surface area contributed by atoms with Crippen LogP contribution in [0.15, 0.2) is 53.6 Å². The fourth-order valence-electron chi connectivity index (χ4n) is 3.11. The smallest absolute Gasteiger partial charge is 0.305 e. The number of nitrogens with zero attached hydrogens (tertiary/aromatic N) is 3. The largest absolute Gasteiger partial charge is 0.393 e. The van der Waals surface area contributed by atoms with Gasteiger partial charge in [-0.25, -0.2) is 9.67 Å². The van der Waals surface area contributed by atoms with Crippen LogP contribution in [0.25, 0.3) is 16.0 Å². The molecule has 1 aromatic carbocycles. The molecule has 27 heavy (non-hydrogen) atoms. The minimum absolute atomic E-state index is 0.0378. The topological polar surface area (TPSA) is 83.8 Å². The van der Waals surface area contributed by atoms with Gasteiger partial charge in [0.2, 0.25) is 0 Å². The van der Waals surface area contributed by atoms with Crippen molar-refractivity contribution >= 4 is 21.6 Å². The van der Waals surface area contributed by atoms with Crippen LogP contribution in [-0.2, 0) is 6.42 Å². The molecule has 0 saturated carbocycles. The second-order valence-corrected chi connectivity index (χ2v) is 7.77. The Morgan fingerprint density at radius 2 is 2.07 bits per heavy atom. The normalized spacial score (nSPS) is 13.7. The number of rotatable bonds is 5. The predicted molar refractivity (Wildman–Crippen MR) is 107 cm³/mol. The molecule has 138 valence electrons. The summed E-state index contributed by atoms with van der Waals surface area (Å²) in [5.74, 6) is 0.837. The quantitative estimate of drug-likeness (QED) is 0.557. The summed E-state index contributed by atoms with van der Waals surface area (Å²) in [4.78, 5) is 18.7. The first kappa shape index (κ1) is 17.6. The summed E-state index contributed by atoms with van der Waals surface area (Å²) in [5.41, 5.74) is 3.91. The number of aliphatic hydroxyl groups excluding tert-OH is 1. The number of nitrogens with one attached hydrogen (secondary N) is 1. The van der Waals surface area contributed by atoms with Gasteiger partial charge in [-0.1, -0.05) is 30.4 Å². The van der Waals surface area contributed by atoms with E-state index < -0.39 is 0 Å². The lowest BCUT2D eigenvalue weighted by Crippen LogP contribution is -2.06. The molecule has 0 spiro atoms. The summed E-state index contributed by atoms with van der Waals surface area (Å²) in [5, 5.41) is 14.1. The number of aliphatic hydroxyl groups is 1. The summed E-state index contributed by atoms with van der Waals surface area (Å²) < 4.78 is 2.71. The van der Waals surface area contributed by atoms with Crippen molar-refractivity contribution in [3.05, 3.63) is 75.3 Å². The van der Waals surface area contributed by atoms with E-state index in [2.05, 4.69) is 22.0 Å². The molecule has 0 aliphatic heterocycles. The van der Waals surface area contributed by atoms with Gasteiger partial charge in [-0.15, -0.1) is 0 Å². The standard InChI is InChI=1S/C20H20N4O2S/c1-12(25)9-14-3-6-19(21-11-14)24-8-7-16(23-24)13(2)15-4-5-17-18(10-15)27-20(26)22-17/h3-8,10-13,25H,9H2,1-2H3,(H,22,26). The second-order valence-electron chi connectivity index (χ2n) is 6.75. The minimum Gasteiger partial charge on any atom is -0.393 e. The SMILES string of the molecule is CC(O)Cc1ccc(-n2ccc(C(C)c3ccc4[nH]c(=O)sc4c3)n2)nc1. The molecule has 0 fully saturated rings. The van der Waals surface area contributed by atoms with Crippen LogP contribution in [0.2, 0.25) is 0 Å². The first-order valence-corrected chi connectivity index (χ1v) is 9.63. The van der Waals surface area contributed by atoms with E-state index in [0.29, 0.717) is 6.42 Å². The fourth-order valence-corrected chi connectivity index (χ4v) is 3.90. The van der Waals surface area contributed by atoms with Crippen LogP contribution in [0.5, 0.6) is 0 Å². The highest BCUT2D eigenvalue weighted by Crippen LogP contribution is 2.26. The summed E-state index contributed by atoms with van der Waals surface area (Å²) in [6.07, 6.45) is 3.87. The Balaban J connectivity index is 1.58. The average Bonchev–Trinajstić information content (AvgIpc) is 3.26. The number of hydrogen-bond acceptors (Lipinski definition) is 5. The van der Waals surface area contributed by atoms with Gasteiger partial charge in [0.05, 0.1) is 22.0 Å². The van der Waals surface area contributed by atoms with E-state index >= 15 is 0 Å². The van der Waals surface area contributed by atoms with Crippen LogP contribution in [0.1, 0.15) is 36.6 Å². The number of benzene rings is 1. The molecule has 2 unspecified atom stereocenters. The third-order valence-corrected chi connectivity index (χ3v) is 5.42. The first-order valence-electron chi connectivity index (χ1n) is 8.81. The lowest BCUT2D eigenvalue weighted by atomic mass is 9.98. The van der Waals surface area contributed by atoms with Crippen molar-refractivity contribution in [1.82, 2.24) is 19.7 Å². The van der Waals surface area contributed by atoms with Crippen molar-refractivity contribution in [2.75, 3.05) is 0 Å². The maximum absolute atomic E-state index is 11.5. The lowest BCUT2D eigenvalue weighted by molar-refractivity contribution is 0.195. The zero-order chi connectivity index (χ0) is 19.0. The minimum atomic E-state index is -0.384. The van der Waals surface area contributed by atoms with Gasteiger partial charge in [-0.2, -0.15) is 5.10 Å². The highest BCUT2D eigenvalue weighted by atomic mass is 32.1. The Morgan fingerprint density at radius 3 is 2.81 bits per heavy atom. The number of H-pyrrole nitrogens is 1. The third-order valence-electron chi connectivity index (χ3n) is 4.57. The highest BCUT2D eigenvalue weighted by Gasteiger charge is 2.14. The van der Waals surface area contributed by atoms with Crippen LogP contribution in [0.4, 0.5) is 0 Å². The number of aromatic amines is 1. The zero-order valence-electron chi connectivity index (χ0n) is 15.1. The molecule has 6 nitrogen and oxygen atoms in total. The number of pyridine rings is 1. The molecule has 2 N–H and O–H groups in total. The maximum Gasteiger partial charge on any atom is 0.305 e. The van der Waals surface area contributed by atoms with E-state index in [1.165, 1.54) is 11.3 Å². The van der Waals surface area contributed by atoms with Crippen LogP contribution >= 0.6 is 11.3 Å². The van der Waals surface area contributed by atoms with Gasteiger partial charge in [-0.05, 0) is 48.7 Å². The van der Waals surface area contributed by atoms with E-state index in [4.69, 9.17) is 0 Å². The number of aromatic nitrogens is 4. The van der Waals surface area contributed by atoms with Gasteiger partial charge in [0.1, 0.15) is 0 Å². The summed E-state index contributed by atoms with van der Waals surface area (Å²) in [6.45, 7) is 3.86. The third kappa shape index (κ3) is 3.70. The average molecular weight is 380 g/mol. The van der Waals surface area contributed by atoms with Crippen molar-refractivity contribution < 1.29 is 5.11 Å². The molecule has 2 atom stereocenters. The van der Waals surface area contributed by atoms with Gasteiger partial charge in [-0.3, -0.25) is 4.79 Å². The van der Waals surface area contributed by atoms with Crippen molar-refractivity contribution in [3.63, 3.8) is 0 Å². The monoisotopic (exact) mass is 380 g/mol. The zero-order valence-corrected chi connectivity index (χ0v) is 15.9. The van der Waals surface area contributed by atoms with Crippen molar-refractivity contribution in [2.24, 2.45) is 0 Å². The molecular formula is C20H20N4O2S. The van der Waals surface area contributed by atoms with Crippen molar-refractivity contribution in [3.8, 4) is 5.82 Å². The van der Waals surface area contributed by atoms with E-state index in [1.54, 1.807) is 17.8 Å². The van der Waals surface area contributed by atoms with Crippen LogP contribution in [0, 0.1) is 0 Å². The Bertz CT molecular complexity index is 1120. The molecule has 7 heteroatoms. The molecule has 0 bridgehead atoms. The molecule has 3 heterocycles. The van der Waals surface area contributed by atoms with Crippen molar-refractivity contribution in [1.29, 1.82) is 0 Å². The number of thiazole rings is 1. The molecule has 0 aliphatic rings.